The van der Waals surface area contributed by atoms with Crippen molar-refractivity contribution >= 4 is 44.6 Å². The summed E-state index contributed by atoms with van der Waals surface area (Å²) in [4.78, 5) is 1.13. The molecule has 0 fully saturated rings. The molecule has 0 aliphatic rings. The van der Waals surface area contributed by atoms with Crippen LogP contribution in [0.15, 0.2) is 34.1 Å². The van der Waals surface area contributed by atoms with E-state index in [4.69, 9.17) is 16.3 Å². The summed E-state index contributed by atoms with van der Waals surface area (Å²) >= 11 is 11.2. The lowest BCUT2D eigenvalue weighted by atomic mass is 10.3. The monoisotopic (exact) mass is 331 g/mol. The van der Waals surface area contributed by atoms with Crippen molar-refractivity contribution in [3.63, 3.8) is 0 Å². The van der Waals surface area contributed by atoms with Crippen molar-refractivity contribution in [1.82, 2.24) is 0 Å². The van der Waals surface area contributed by atoms with Gasteiger partial charge in [-0.25, -0.2) is 0 Å². The van der Waals surface area contributed by atoms with Crippen LogP contribution in [0.2, 0.25) is 5.02 Å². The highest BCUT2D eigenvalue weighted by molar-refractivity contribution is 9.10. The Bertz CT molecular complexity index is 515. The Balaban J connectivity index is 2.11. The molecule has 0 aliphatic heterocycles. The zero-order valence-corrected chi connectivity index (χ0v) is 12.3. The standard InChI is InChI=1S/C12H11BrClNOS/c1-16-8-2-3-9(13)11(6-8)15-7-12-10(14)4-5-17-12/h2-6,15H,7H2,1H3. The lowest BCUT2D eigenvalue weighted by Crippen LogP contribution is -1.99. The molecule has 2 rings (SSSR count). The average Bonchev–Trinajstić information content (AvgIpc) is 2.74. The van der Waals surface area contributed by atoms with Gasteiger partial charge in [0.05, 0.1) is 24.4 Å². The van der Waals surface area contributed by atoms with Gasteiger partial charge in [0, 0.05) is 15.4 Å². The van der Waals surface area contributed by atoms with E-state index < -0.39 is 0 Å². The number of rotatable bonds is 4. The Morgan fingerprint density at radius 2 is 2.24 bits per heavy atom. The Morgan fingerprint density at radius 3 is 2.88 bits per heavy atom. The molecule has 1 aromatic heterocycles. The summed E-state index contributed by atoms with van der Waals surface area (Å²) in [5.41, 5.74) is 0.994. The number of nitrogens with one attached hydrogen (secondary N) is 1. The van der Waals surface area contributed by atoms with Crippen LogP contribution in [0, 0.1) is 0 Å². The molecule has 2 aromatic rings. The maximum absolute atomic E-state index is 6.04. The Morgan fingerprint density at radius 1 is 1.41 bits per heavy atom. The third-order valence-corrected chi connectivity index (χ3v) is 4.38. The zero-order valence-electron chi connectivity index (χ0n) is 9.17. The number of hydrogen-bond acceptors (Lipinski definition) is 3. The number of benzene rings is 1. The smallest absolute Gasteiger partial charge is 0.121 e. The Hall–Kier alpha value is -0.710. The van der Waals surface area contributed by atoms with Gasteiger partial charge in [0.25, 0.3) is 0 Å². The SMILES string of the molecule is COc1ccc(Br)c(NCc2sccc2Cl)c1. The maximum atomic E-state index is 6.04. The van der Waals surface area contributed by atoms with Crippen molar-refractivity contribution in [3.8, 4) is 5.75 Å². The topological polar surface area (TPSA) is 21.3 Å². The normalized spacial score (nSPS) is 10.3. The van der Waals surface area contributed by atoms with Crippen LogP contribution in [0.5, 0.6) is 5.75 Å². The summed E-state index contributed by atoms with van der Waals surface area (Å²) in [5, 5.41) is 6.12. The predicted octanol–water partition coefficient (Wildman–Crippen LogP) is 4.78. The highest BCUT2D eigenvalue weighted by atomic mass is 79.9. The first kappa shape index (κ1) is 12.7. The van der Waals surface area contributed by atoms with E-state index >= 15 is 0 Å². The first-order valence-corrected chi connectivity index (χ1v) is 7.05. The van der Waals surface area contributed by atoms with Crippen molar-refractivity contribution in [3.05, 3.63) is 44.0 Å². The number of methoxy groups -OCH3 is 1. The fourth-order valence-corrected chi connectivity index (χ4v) is 2.82. The summed E-state index contributed by atoms with van der Waals surface area (Å²) in [7, 11) is 1.66. The third-order valence-electron chi connectivity index (χ3n) is 2.30. The van der Waals surface area contributed by atoms with Crippen LogP contribution < -0.4 is 10.1 Å². The van der Waals surface area contributed by atoms with E-state index in [-0.39, 0.29) is 0 Å². The molecule has 5 heteroatoms. The van der Waals surface area contributed by atoms with Crippen LogP contribution in [0.25, 0.3) is 0 Å². The quantitative estimate of drug-likeness (QED) is 0.869. The summed E-state index contributed by atoms with van der Waals surface area (Å²) < 4.78 is 6.19. The minimum absolute atomic E-state index is 0.711. The molecule has 0 spiro atoms. The second-order valence-corrected chi connectivity index (χ2v) is 5.65. The average molecular weight is 333 g/mol. The first-order valence-electron chi connectivity index (χ1n) is 5.00. The fraction of sp³-hybridized carbons (Fsp3) is 0.167. The largest absolute Gasteiger partial charge is 0.497 e. The summed E-state index contributed by atoms with van der Waals surface area (Å²) in [6.45, 7) is 0.711. The molecule has 17 heavy (non-hydrogen) atoms. The van der Waals surface area contributed by atoms with Crippen molar-refractivity contribution < 1.29 is 4.74 Å². The highest BCUT2D eigenvalue weighted by Crippen LogP contribution is 2.29. The molecule has 0 unspecified atom stereocenters. The molecule has 0 amide bonds. The van der Waals surface area contributed by atoms with Gasteiger partial charge in [-0.05, 0) is 39.5 Å². The number of anilines is 1. The van der Waals surface area contributed by atoms with Gasteiger partial charge in [-0.3, -0.25) is 0 Å². The van der Waals surface area contributed by atoms with E-state index in [2.05, 4.69) is 21.2 Å². The third kappa shape index (κ3) is 3.15. The van der Waals surface area contributed by atoms with Gasteiger partial charge in [0.15, 0.2) is 0 Å². The van der Waals surface area contributed by atoms with Crippen LogP contribution >= 0.6 is 38.9 Å². The molecule has 90 valence electrons. The predicted molar refractivity (Wildman–Crippen MR) is 77.3 cm³/mol. The van der Waals surface area contributed by atoms with Gasteiger partial charge >= 0.3 is 0 Å². The van der Waals surface area contributed by atoms with Gasteiger partial charge in [-0.15, -0.1) is 11.3 Å². The van der Waals surface area contributed by atoms with E-state index in [1.165, 1.54) is 0 Å². The first-order chi connectivity index (χ1) is 8.20. The van der Waals surface area contributed by atoms with Crippen LogP contribution in [0.3, 0.4) is 0 Å². The Labute approximate surface area is 118 Å². The minimum Gasteiger partial charge on any atom is -0.497 e. The molecule has 0 saturated carbocycles. The molecule has 0 aliphatic carbocycles. The molecule has 1 N–H and O–H groups in total. The van der Waals surface area contributed by atoms with E-state index in [1.54, 1.807) is 18.4 Å². The summed E-state index contributed by atoms with van der Waals surface area (Å²) in [5.74, 6) is 0.827. The van der Waals surface area contributed by atoms with E-state index in [0.717, 1.165) is 25.8 Å². The maximum Gasteiger partial charge on any atom is 0.121 e. The molecular formula is C12H11BrClNOS. The van der Waals surface area contributed by atoms with Crippen LogP contribution in [0.1, 0.15) is 4.88 Å². The fourth-order valence-electron chi connectivity index (χ4n) is 1.39. The van der Waals surface area contributed by atoms with Crippen LogP contribution in [-0.2, 0) is 6.54 Å². The molecule has 0 radical (unpaired) electrons. The molecule has 0 bridgehead atoms. The lowest BCUT2D eigenvalue weighted by Gasteiger charge is -2.09. The van der Waals surface area contributed by atoms with E-state index in [1.807, 2.05) is 29.6 Å². The molecule has 1 aromatic carbocycles. The van der Waals surface area contributed by atoms with Crippen LogP contribution in [0.4, 0.5) is 5.69 Å². The van der Waals surface area contributed by atoms with Crippen LogP contribution in [-0.4, -0.2) is 7.11 Å². The number of thiophene rings is 1. The molecule has 0 atom stereocenters. The highest BCUT2D eigenvalue weighted by Gasteiger charge is 2.04. The van der Waals surface area contributed by atoms with Crippen molar-refractivity contribution in [2.75, 3.05) is 12.4 Å². The number of hydrogen-bond donors (Lipinski definition) is 1. The lowest BCUT2D eigenvalue weighted by molar-refractivity contribution is 0.415. The van der Waals surface area contributed by atoms with Gasteiger partial charge in [0.1, 0.15) is 5.75 Å². The van der Waals surface area contributed by atoms with Crippen molar-refractivity contribution in [2.45, 2.75) is 6.54 Å². The van der Waals surface area contributed by atoms with E-state index in [9.17, 15) is 0 Å². The van der Waals surface area contributed by atoms with Crippen molar-refractivity contribution in [2.24, 2.45) is 0 Å². The van der Waals surface area contributed by atoms with Gasteiger partial charge in [-0.2, -0.15) is 0 Å². The zero-order chi connectivity index (χ0) is 12.3. The second kappa shape index (κ2) is 5.76. The molecular weight excluding hydrogens is 322 g/mol. The summed E-state index contributed by atoms with van der Waals surface area (Å²) in [6, 6.07) is 7.72. The Kier molecular flexibility index (Phi) is 4.31. The van der Waals surface area contributed by atoms with E-state index in [0.29, 0.717) is 6.54 Å². The summed E-state index contributed by atoms with van der Waals surface area (Å²) in [6.07, 6.45) is 0. The van der Waals surface area contributed by atoms with Gasteiger partial charge < -0.3 is 10.1 Å². The minimum atomic E-state index is 0.711. The number of ether oxygens (including phenoxy) is 1. The second-order valence-electron chi connectivity index (χ2n) is 3.39. The molecule has 1 heterocycles. The molecule has 0 saturated heterocycles. The van der Waals surface area contributed by atoms with Gasteiger partial charge in [0.2, 0.25) is 0 Å². The van der Waals surface area contributed by atoms with Gasteiger partial charge in [-0.1, -0.05) is 11.6 Å². The molecule has 2 nitrogen and oxygen atoms in total. The number of halogens is 2. The van der Waals surface area contributed by atoms with Crippen molar-refractivity contribution in [1.29, 1.82) is 0 Å².